The van der Waals surface area contributed by atoms with Crippen molar-refractivity contribution >= 4 is 17.6 Å². The molecule has 0 aromatic heterocycles. The second kappa shape index (κ2) is 10.1. The zero-order chi connectivity index (χ0) is 24.1. The second-order valence-corrected chi connectivity index (χ2v) is 7.72. The number of benzene rings is 3. The Morgan fingerprint density at radius 1 is 1.03 bits per heavy atom. The Kier molecular flexibility index (Phi) is 6.77. The third-order valence-electron chi connectivity index (χ3n) is 5.37. The third-order valence-corrected chi connectivity index (χ3v) is 5.37. The van der Waals surface area contributed by atoms with Crippen LogP contribution in [0.4, 0.5) is 14.9 Å². The van der Waals surface area contributed by atoms with Gasteiger partial charge in [-0.3, -0.25) is 4.79 Å². The molecule has 3 aromatic carbocycles. The van der Waals surface area contributed by atoms with E-state index < -0.39 is 12.1 Å². The van der Waals surface area contributed by atoms with Gasteiger partial charge in [-0.2, -0.15) is 0 Å². The number of halogens is 1. The lowest BCUT2D eigenvalue weighted by atomic mass is 9.94. The number of urea groups is 1. The fraction of sp³-hybridized carbons (Fsp3) is 0.154. The summed E-state index contributed by atoms with van der Waals surface area (Å²) in [5.74, 6) is 0.265. The quantitative estimate of drug-likeness (QED) is 0.477. The molecule has 3 aromatic rings. The molecule has 34 heavy (non-hydrogen) atoms. The monoisotopic (exact) mass is 461 g/mol. The van der Waals surface area contributed by atoms with E-state index in [-0.39, 0.29) is 18.3 Å². The van der Waals surface area contributed by atoms with Crippen LogP contribution in [0.2, 0.25) is 0 Å². The number of methoxy groups -OCH3 is 1. The lowest BCUT2D eigenvalue weighted by molar-refractivity contribution is -0.113. The number of amides is 3. The molecule has 0 spiro atoms. The number of anilines is 1. The molecule has 0 bridgehead atoms. The summed E-state index contributed by atoms with van der Waals surface area (Å²) in [7, 11) is 1.51. The Labute approximate surface area is 196 Å². The van der Waals surface area contributed by atoms with E-state index in [1.54, 1.807) is 49.4 Å². The molecule has 174 valence electrons. The molecule has 0 fully saturated rings. The zero-order valence-corrected chi connectivity index (χ0v) is 18.7. The highest BCUT2D eigenvalue weighted by Gasteiger charge is 2.31. The Morgan fingerprint density at radius 3 is 2.47 bits per heavy atom. The summed E-state index contributed by atoms with van der Waals surface area (Å²) in [6, 6.07) is 19.2. The van der Waals surface area contributed by atoms with Gasteiger partial charge in [0, 0.05) is 11.4 Å². The molecular weight excluding hydrogens is 437 g/mol. The van der Waals surface area contributed by atoms with Gasteiger partial charge in [0.1, 0.15) is 12.4 Å². The number of carbonyl (C=O) groups excluding carboxylic acids is 2. The van der Waals surface area contributed by atoms with Crippen molar-refractivity contribution in [1.29, 1.82) is 0 Å². The molecule has 1 heterocycles. The maximum Gasteiger partial charge on any atom is 0.319 e. The van der Waals surface area contributed by atoms with E-state index >= 15 is 0 Å². The molecule has 1 aliphatic rings. The van der Waals surface area contributed by atoms with Gasteiger partial charge < -0.3 is 25.4 Å². The summed E-state index contributed by atoms with van der Waals surface area (Å²) in [4.78, 5) is 25.3. The molecule has 8 heteroatoms. The third kappa shape index (κ3) is 5.17. The van der Waals surface area contributed by atoms with Gasteiger partial charge in [-0.15, -0.1) is 0 Å². The van der Waals surface area contributed by atoms with E-state index in [1.165, 1.54) is 19.2 Å². The lowest BCUT2D eigenvalue weighted by Gasteiger charge is -2.29. The first-order chi connectivity index (χ1) is 16.4. The number of para-hydroxylation sites is 1. The predicted octanol–water partition coefficient (Wildman–Crippen LogP) is 4.68. The summed E-state index contributed by atoms with van der Waals surface area (Å²) in [6.45, 7) is 1.91. The van der Waals surface area contributed by atoms with Crippen molar-refractivity contribution < 1.29 is 23.5 Å². The summed E-state index contributed by atoms with van der Waals surface area (Å²) in [6.07, 6.45) is 0. The average molecular weight is 461 g/mol. The molecule has 7 nitrogen and oxygen atoms in total. The largest absolute Gasteiger partial charge is 0.493 e. The number of hydrogen-bond acceptors (Lipinski definition) is 4. The van der Waals surface area contributed by atoms with Gasteiger partial charge in [-0.1, -0.05) is 36.4 Å². The Balaban J connectivity index is 1.59. The van der Waals surface area contributed by atoms with Gasteiger partial charge in [0.05, 0.1) is 18.7 Å². The first kappa shape index (κ1) is 22.8. The van der Waals surface area contributed by atoms with Crippen LogP contribution in [0, 0.1) is 5.82 Å². The maximum atomic E-state index is 13.1. The van der Waals surface area contributed by atoms with E-state index in [2.05, 4.69) is 16.0 Å². The molecule has 1 aliphatic heterocycles. The van der Waals surface area contributed by atoms with Gasteiger partial charge in [-0.25, -0.2) is 9.18 Å². The van der Waals surface area contributed by atoms with Crippen molar-refractivity contribution in [1.82, 2.24) is 10.6 Å². The zero-order valence-electron chi connectivity index (χ0n) is 18.7. The number of rotatable bonds is 7. The van der Waals surface area contributed by atoms with E-state index in [1.807, 2.05) is 18.2 Å². The first-order valence-electron chi connectivity index (χ1n) is 10.6. The normalized spacial score (nSPS) is 15.3. The number of carbonyl (C=O) groups is 2. The van der Waals surface area contributed by atoms with Crippen molar-refractivity contribution in [3.8, 4) is 11.5 Å². The van der Waals surface area contributed by atoms with Gasteiger partial charge in [0.2, 0.25) is 0 Å². The van der Waals surface area contributed by atoms with Crippen molar-refractivity contribution in [2.75, 3.05) is 12.4 Å². The van der Waals surface area contributed by atoms with E-state index in [0.717, 1.165) is 5.56 Å². The highest BCUT2D eigenvalue weighted by molar-refractivity contribution is 6.06. The molecule has 0 unspecified atom stereocenters. The van der Waals surface area contributed by atoms with Crippen LogP contribution in [-0.4, -0.2) is 19.0 Å². The van der Waals surface area contributed by atoms with E-state index in [4.69, 9.17) is 9.47 Å². The standard InChI is InChI=1S/C26H24FN3O4/c1-16-23(25(31)29-20-6-4-3-5-7-20)24(30-26(32)28-16)18-10-13-21(22(14-18)33-2)34-15-17-8-11-19(27)12-9-17/h3-14,24H,15H2,1-2H3,(H,29,31)(H2,28,30,32)/t24-/m0/s1. The number of ether oxygens (including phenoxy) is 2. The SMILES string of the molecule is COc1cc([C@@H]2NC(=O)NC(C)=C2C(=O)Nc2ccccc2)ccc1OCc1ccc(F)cc1. The molecule has 0 aliphatic carbocycles. The Hall–Kier alpha value is -4.33. The molecule has 0 saturated heterocycles. The smallest absolute Gasteiger partial charge is 0.319 e. The van der Waals surface area contributed by atoms with Crippen molar-refractivity contribution in [3.63, 3.8) is 0 Å². The van der Waals surface area contributed by atoms with Crippen LogP contribution in [0.1, 0.15) is 24.1 Å². The fourth-order valence-electron chi connectivity index (χ4n) is 3.69. The minimum absolute atomic E-state index is 0.226. The highest BCUT2D eigenvalue weighted by atomic mass is 19.1. The molecule has 1 atom stereocenters. The van der Waals surface area contributed by atoms with Crippen LogP contribution in [0.15, 0.2) is 84.1 Å². The van der Waals surface area contributed by atoms with Gasteiger partial charge in [0.15, 0.2) is 11.5 Å². The van der Waals surface area contributed by atoms with Crippen LogP contribution in [-0.2, 0) is 11.4 Å². The van der Waals surface area contributed by atoms with Crippen molar-refractivity contribution in [2.24, 2.45) is 0 Å². The van der Waals surface area contributed by atoms with Crippen LogP contribution < -0.4 is 25.4 Å². The minimum atomic E-state index is -0.697. The number of hydrogen-bond donors (Lipinski definition) is 3. The van der Waals surface area contributed by atoms with E-state index in [9.17, 15) is 14.0 Å². The molecular formula is C26H24FN3O4. The lowest BCUT2D eigenvalue weighted by Crippen LogP contribution is -2.45. The van der Waals surface area contributed by atoms with Crippen LogP contribution in [0.5, 0.6) is 11.5 Å². The van der Waals surface area contributed by atoms with Crippen LogP contribution in [0.3, 0.4) is 0 Å². The Morgan fingerprint density at radius 2 is 1.76 bits per heavy atom. The van der Waals surface area contributed by atoms with E-state index in [0.29, 0.717) is 34.0 Å². The minimum Gasteiger partial charge on any atom is -0.493 e. The summed E-state index contributed by atoms with van der Waals surface area (Å²) >= 11 is 0. The molecule has 3 N–H and O–H groups in total. The topological polar surface area (TPSA) is 88.7 Å². The Bertz CT molecular complexity index is 1230. The van der Waals surface area contributed by atoms with Crippen molar-refractivity contribution in [3.05, 3.63) is 101 Å². The second-order valence-electron chi connectivity index (χ2n) is 7.72. The molecule has 4 rings (SSSR count). The van der Waals surface area contributed by atoms with Gasteiger partial charge >= 0.3 is 6.03 Å². The molecule has 3 amide bonds. The fourth-order valence-corrected chi connectivity index (χ4v) is 3.69. The molecule has 0 radical (unpaired) electrons. The summed E-state index contributed by atoms with van der Waals surface area (Å²) in [5.41, 5.74) is 2.93. The average Bonchev–Trinajstić information content (AvgIpc) is 2.83. The first-order valence-corrected chi connectivity index (χ1v) is 10.6. The number of nitrogens with one attached hydrogen (secondary N) is 3. The number of allylic oxidation sites excluding steroid dienone is 1. The van der Waals surface area contributed by atoms with Gasteiger partial charge in [0.25, 0.3) is 5.91 Å². The summed E-state index contributed by atoms with van der Waals surface area (Å²) < 4.78 is 24.5. The molecule has 0 saturated carbocycles. The summed E-state index contributed by atoms with van der Waals surface area (Å²) in [5, 5.41) is 8.35. The highest BCUT2D eigenvalue weighted by Crippen LogP contribution is 2.35. The van der Waals surface area contributed by atoms with Crippen LogP contribution >= 0.6 is 0 Å². The predicted molar refractivity (Wildman–Crippen MR) is 126 cm³/mol. The van der Waals surface area contributed by atoms with Crippen molar-refractivity contribution in [2.45, 2.75) is 19.6 Å². The van der Waals surface area contributed by atoms with Gasteiger partial charge in [-0.05, 0) is 54.4 Å². The maximum absolute atomic E-state index is 13.1. The van der Waals surface area contributed by atoms with Crippen LogP contribution in [0.25, 0.3) is 0 Å².